The van der Waals surface area contributed by atoms with Crippen LogP contribution < -0.4 is 4.72 Å². The molecule has 0 fully saturated rings. The van der Waals surface area contributed by atoms with Gasteiger partial charge in [0.25, 0.3) is 15.9 Å². The average Bonchev–Trinajstić information content (AvgIpc) is 3.07. The number of carbonyl (C=O) groups is 1. The summed E-state index contributed by atoms with van der Waals surface area (Å²) in [7, 11) is -2.30. The second kappa shape index (κ2) is 8.04. The first-order valence-electron chi connectivity index (χ1n) is 8.31. The Labute approximate surface area is 168 Å². The topological polar surface area (TPSA) is 92.5 Å². The second-order valence-electron chi connectivity index (χ2n) is 6.20. The van der Waals surface area contributed by atoms with Gasteiger partial charge in [-0.25, -0.2) is 8.42 Å². The van der Waals surface area contributed by atoms with Crippen LogP contribution in [0.1, 0.15) is 21.8 Å². The van der Waals surface area contributed by atoms with Crippen molar-refractivity contribution in [1.29, 1.82) is 0 Å². The quantitative estimate of drug-likeness (QED) is 0.657. The Bertz CT molecular complexity index is 1110. The summed E-state index contributed by atoms with van der Waals surface area (Å²) < 4.78 is 32.8. The molecule has 0 saturated carbocycles. The number of nitrogens with one attached hydrogen (secondary N) is 1. The van der Waals surface area contributed by atoms with Crippen LogP contribution in [0.15, 0.2) is 64.0 Å². The van der Waals surface area contributed by atoms with Crippen molar-refractivity contribution in [3.63, 3.8) is 0 Å². The van der Waals surface area contributed by atoms with Crippen molar-refractivity contribution in [1.82, 2.24) is 10.1 Å². The molecule has 0 spiro atoms. The highest BCUT2D eigenvalue weighted by Gasteiger charge is 2.19. The van der Waals surface area contributed by atoms with Crippen LogP contribution in [0.4, 0.5) is 5.69 Å². The maximum absolute atomic E-state index is 12.7. The number of anilines is 1. The summed E-state index contributed by atoms with van der Waals surface area (Å²) in [5.41, 5.74) is 1.11. The average molecular weight is 420 g/mol. The summed E-state index contributed by atoms with van der Waals surface area (Å²) in [6, 6.07) is 14.1. The fraction of sp³-hybridized carbons (Fsp3) is 0.158. The van der Waals surface area contributed by atoms with Crippen LogP contribution in [0, 0.1) is 6.92 Å². The minimum absolute atomic E-state index is 0.0380. The number of para-hydroxylation sites is 1. The molecule has 0 aliphatic rings. The van der Waals surface area contributed by atoms with E-state index in [9.17, 15) is 13.2 Å². The molecule has 7 nitrogen and oxygen atoms in total. The van der Waals surface area contributed by atoms with E-state index in [2.05, 4.69) is 9.88 Å². The number of rotatable bonds is 6. The van der Waals surface area contributed by atoms with Gasteiger partial charge in [-0.15, -0.1) is 0 Å². The van der Waals surface area contributed by atoms with E-state index >= 15 is 0 Å². The Morgan fingerprint density at radius 3 is 2.61 bits per heavy atom. The summed E-state index contributed by atoms with van der Waals surface area (Å²) in [5, 5.41) is 4.14. The molecule has 0 bridgehead atoms. The number of nitrogens with zero attached hydrogens (tertiary/aromatic N) is 2. The smallest absolute Gasteiger partial charge is 0.261 e. The lowest BCUT2D eigenvalue weighted by atomic mass is 10.2. The largest absolute Gasteiger partial charge is 0.361 e. The van der Waals surface area contributed by atoms with E-state index < -0.39 is 10.0 Å². The van der Waals surface area contributed by atoms with E-state index in [-0.39, 0.29) is 33.6 Å². The fourth-order valence-corrected chi connectivity index (χ4v) is 3.94. The maximum Gasteiger partial charge on any atom is 0.261 e. The normalized spacial score (nSPS) is 11.2. The van der Waals surface area contributed by atoms with E-state index in [0.29, 0.717) is 11.5 Å². The first-order chi connectivity index (χ1) is 13.3. The van der Waals surface area contributed by atoms with E-state index in [0.717, 1.165) is 0 Å². The molecular formula is C19H18ClN3O4S. The maximum atomic E-state index is 12.7. The van der Waals surface area contributed by atoms with Gasteiger partial charge < -0.3 is 9.42 Å². The molecule has 2 aromatic carbocycles. The SMILES string of the molecule is Cc1cc(CN(C)C(=O)c2cccc(S(=O)(=O)Nc3ccccc3Cl)c2)no1. The molecule has 28 heavy (non-hydrogen) atoms. The van der Waals surface area contributed by atoms with Crippen molar-refractivity contribution in [3.8, 4) is 0 Å². The lowest BCUT2D eigenvalue weighted by Gasteiger charge is -2.16. The molecule has 0 aliphatic carbocycles. The van der Waals surface area contributed by atoms with Crippen molar-refractivity contribution in [2.45, 2.75) is 18.4 Å². The molecule has 0 unspecified atom stereocenters. The van der Waals surface area contributed by atoms with Gasteiger partial charge in [-0.3, -0.25) is 9.52 Å². The van der Waals surface area contributed by atoms with Gasteiger partial charge in [-0.05, 0) is 37.3 Å². The van der Waals surface area contributed by atoms with Gasteiger partial charge in [0.05, 0.1) is 22.2 Å². The van der Waals surface area contributed by atoms with Crippen molar-refractivity contribution >= 4 is 33.2 Å². The molecule has 146 valence electrons. The highest BCUT2D eigenvalue weighted by atomic mass is 35.5. The highest BCUT2D eigenvalue weighted by molar-refractivity contribution is 7.92. The Kier molecular flexibility index (Phi) is 5.71. The number of amides is 1. The molecule has 0 aliphatic heterocycles. The number of benzene rings is 2. The standard InChI is InChI=1S/C19H18ClN3O4S/c1-13-10-15(21-27-13)12-23(2)19(24)14-6-5-7-16(11-14)28(25,26)22-18-9-4-3-8-17(18)20/h3-11,22H,12H2,1-2H3. The van der Waals surface area contributed by atoms with Gasteiger partial charge in [0, 0.05) is 18.7 Å². The summed E-state index contributed by atoms with van der Waals surface area (Å²) in [4.78, 5) is 14.1. The van der Waals surface area contributed by atoms with Crippen LogP contribution in [0.3, 0.4) is 0 Å². The van der Waals surface area contributed by atoms with Gasteiger partial charge in [0.15, 0.2) is 0 Å². The van der Waals surface area contributed by atoms with Crippen molar-refractivity contribution in [2.75, 3.05) is 11.8 Å². The summed E-state index contributed by atoms with van der Waals surface area (Å²) in [5.74, 6) is 0.310. The van der Waals surface area contributed by atoms with Crippen LogP contribution in [0.5, 0.6) is 0 Å². The minimum atomic E-state index is -3.91. The second-order valence-corrected chi connectivity index (χ2v) is 8.29. The predicted octanol–water partition coefficient (Wildman–Crippen LogP) is 3.71. The molecule has 0 radical (unpaired) electrons. The summed E-state index contributed by atoms with van der Waals surface area (Å²) in [6.45, 7) is 2.00. The van der Waals surface area contributed by atoms with E-state index in [1.54, 1.807) is 50.4 Å². The number of sulfonamides is 1. The monoisotopic (exact) mass is 419 g/mol. The molecule has 1 aromatic heterocycles. The highest BCUT2D eigenvalue weighted by Crippen LogP contribution is 2.24. The molecule has 1 N–H and O–H groups in total. The zero-order valence-electron chi connectivity index (χ0n) is 15.2. The number of halogens is 1. The van der Waals surface area contributed by atoms with Crippen LogP contribution in [-0.4, -0.2) is 31.4 Å². The van der Waals surface area contributed by atoms with Crippen LogP contribution in [-0.2, 0) is 16.6 Å². The molecule has 3 aromatic rings. The first kappa shape index (κ1) is 19.9. The lowest BCUT2D eigenvalue weighted by Crippen LogP contribution is -2.26. The van der Waals surface area contributed by atoms with Crippen LogP contribution in [0.2, 0.25) is 5.02 Å². The first-order valence-corrected chi connectivity index (χ1v) is 10.2. The van der Waals surface area contributed by atoms with Gasteiger partial charge in [0.1, 0.15) is 11.5 Å². The van der Waals surface area contributed by atoms with Gasteiger partial charge in [-0.1, -0.05) is 35.0 Å². The zero-order chi connectivity index (χ0) is 20.3. The Balaban J connectivity index is 1.81. The number of aryl methyl sites for hydroxylation is 1. The number of hydrogen-bond acceptors (Lipinski definition) is 5. The minimum Gasteiger partial charge on any atom is -0.361 e. The summed E-state index contributed by atoms with van der Waals surface area (Å²) in [6.07, 6.45) is 0. The van der Waals surface area contributed by atoms with Crippen LogP contribution >= 0.6 is 11.6 Å². The third-order valence-corrected chi connectivity index (χ3v) is 5.62. The van der Waals surface area contributed by atoms with Crippen molar-refractivity contribution in [3.05, 3.63) is 76.6 Å². The lowest BCUT2D eigenvalue weighted by molar-refractivity contribution is 0.0782. The number of hydrogen-bond donors (Lipinski definition) is 1. The van der Waals surface area contributed by atoms with Gasteiger partial charge in [-0.2, -0.15) is 0 Å². The summed E-state index contributed by atoms with van der Waals surface area (Å²) >= 11 is 6.02. The van der Waals surface area contributed by atoms with E-state index in [4.69, 9.17) is 16.1 Å². The Morgan fingerprint density at radius 2 is 1.93 bits per heavy atom. The molecule has 1 heterocycles. The molecular weight excluding hydrogens is 402 g/mol. The van der Waals surface area contributed by atoms with Gasteiger partial charge >= 0.3 is 0 Å². The zero-order valence-corrected chi connectivity index (χ0v) is 16.8. The van der Waals surface area contributed by atoms with Crippen LogP contribution in [0.25, 0.3) is 0 Å². The predicted molar refractivity (Wildman–Crippen MR) is 106 cm³/mol. The number of carbonyl (C=O) groups excluding carboxylic acids is 1. The van der Waals surface area contributed by atoms with E-state index in [1.165, 1.54) is 23.1 Å². The van der Waals surface area contributed by atoms with Crippen molar-refractivity contribution in [2.24, 2.45) is 0 Å². The molecule has 3 rings (SSSR count). The Morgan fingerprint density at radius 1 is 1.18 bits per heavy atom. The third kappa shape index (κ3) is 4.52. The number of aromatic nitrogens is 1. The Hall–Kier alpha value is -2.84. The van der Waals surface area contributed by atoms with Crippen molar-refractivity contribution < 1.29 is 17.7 Å². The fourth-order valence-electron chi connectivity index (χ4n) is 2.57. The molecule has 1 amide bonds. The van der Waals surface area contributed by atoms with Gasteiger partial charge in [0.2, 0.25) is 0 Å². The third-order valence-electron chi connectivity index (χ3n) is 3.93. The van der Waals surface area contributed by atoms with E-state index in [1.807, 2.05) is 0 Å². The molecule has 9 heteroatoms. The molecule has 0 atom stereocenters. The molecule has 0 saturated heterocycles.